The van der Waals surface area contributed by atoms with Crippen LogP contribution in [-0.4, -0.2) is 3.26 Å². The molecule has 0 atom stereocenters. The SMILES string of the molecule is [C-]1=CC=CC1.[Cl-].[Cl-].[Hf+2]=[C](Cc1ccccc1)Cc1ccccc1.c1ccc2c(c1)[cH-]c1ccccc12. The molecule has 0 unspecified atom stereocenters. The first-order valence-electron chi connectivity index (χ1n) is 11.7. The molecule has 1 aliphatic rings. The molecule has 0 fully saturated rings. The maximum absolute atomic E-state index is 2.99. The standard InChI is InChI=1S/C15H14.C13H9.C5H5.2ClH.Hf/c1-3-8-14(9-4-1)12-7-13-15-10-5-2-6-11-15;1-3-7-12-10(5-1)9-11-6-2-4-8-13(11)12;1-2-4-5-3-1;;;/h1-6,8-11H,12-13H2;1-9H;1-3H,4H2;2*1H;/q;2*-1;;;+2/p-2. The monoisotopic (exact) mass is 674 g/mol. The summed E-state index contributed by atoms with van der Waals surface area (Å²) in [4.78, 5) is 0. The molecule has 0 bridgehead atoms. The van der Waals surface area contributed by atoms with E-state index in [1.165, 1.54) is 56.6 Å². The van der Waals surface area contributed by atoms with Gasteiger partial charge < -0.3 is 24.8 Å². The molecule has 1 aliphatic carbocycles. The first-order chi connectivity index (χ1) is 16.8. The van der Waals surface area contributed by atoms with E-state index in [1.54, 1.807) is 3.26 Å². The summed E-state index contributed by atoms with van der Waals surface area (Å²) >= 11 is 1.18. The van der Waals surface area contributed by atoms with Crippen molar-refractivity contribution in [2.45, 2.75) is 19.3 Å². The van der Waals surface area contributed by atoms with Gasteiger partial charge in [-0.25, -0.2) is 12.2 Å². The van der Waals surface area contributed by atoms with Crippen LogP contribution < -0.4 is 24.8 Å². The van der Waals surface area contributed by atoms with Gasteiger partial charge in [-0.2, -0.15) is 6.08 Å². The maximum atomic E-state index is 2.99. The second-order valence-electron chi connectivity index (χ2n) is 8.25. The van der Waals surface area contributed by atoms with E-state index in [1.807, 2.05) is 12.2 Å². The van der Waals surface area contributed by atoms with Gasteiger partial charge in [0, 0.05) is 0 Å². The molecule has 5 aromatic carbocycles. The summed E-state index contributed by atoms with van der Waals surface area (Å²) in [5, 5.41) is 5.39. The molecule has 0 amide bonds. The maximum Gasteiger partial charge on any atom is -0.0771 e. The topological polar surface area (TPSA) is 0 Å². The zero-order chi connectivity index (χ0) is 23.4. The van der Waals surface area contributed by atoms with Crippen LogP contribution >= 0.6 is 0 Å². The Labute approximate surface area is 242 Å². The van der Waals surface area contributed by atoms with E-state index < -0.39 is 0 Å². The van der Waals surface area contributed by atoms with Crippen LogP contribution in [0.1, 0.15) is 17.5 Å². The largest absolute Gasteiger partial charge is 0.126 e. The molecule has 0 heterocycles. The van der Waals surface area contributed by atoms with E-state index in [0.717, 1.165) is 19.3 Å². The van der Waals surface area contributed by atoms with E-state index in [9.17, 15) is 0 Å². The van der Waals surface area contributed by atoms with Gasteiger partial charge in [0.15, 0.2) is 0 Å². The van der Waals surface area contributed by atoms with Gasteiger partial charge in [0.2, 0.25) is 0 Å². The minimum absolute atomic E-state index is 0. The van der Waals surface area contributed by atoms with Gasteiger partial charge in [-0.15, -0.1) is 46.2 Å². The molecule has 0 saturated heterocycles. The van der Waals surface area contributed by atoms with Crippen molar-refractivity contribution in [2.24, 2.45) is 0 Å². The summed E-state index contributed by atoms with van der Waals surface area (Å²) in [5.74, 6) is 0. The Balaban J connectivity index is 0.000000205. The van der Waals surface area contributed by atoms with Crippen molar-refractivity contribution < 1.29 is 48.7 Å². The van der Waals surface area contributed by atoms with Gasteiger partial charge in [0.05, 0.1) is 0 Å². The number of hydrogen-bond acceptors (Lipinski definition) is 0. The third-order valence-corrected chi connectivity index (χ3v) is 6.90. The Bertz CT molecular complexity index is 1280. The molecule has 0 spiro atoms. The van der Waals surface area contributed by atoms with E-state index >= 15 is 0 Å². The third kappa shape index (κ3) is 9.21. The molecule has 0 nitrogen and oxygen atoms in total. The predicted molar refractivity (Wildman–Crippen MR) is 144 cm³/mol. The Morgan fingerprint density at radius 3 is 1.47 bits per heavy atom. The number of rotatable bonds is 4. The summed E-state index contributed by atoms with van der Waals surface area (Å²) in [6.07, 6.45) is 12.3. The zero-order valence-corrected chi connectivity index (χ0v) is 25.2. The summed E-state index contributed by atoms with van der Waals surface area (Å²) in [7, 11) is 0. The van der Waals surface area contributed by atoms with Crippen molar-refractivity contribution in [3.63, 3.8) is 0 Å². The first-order valence-corrected chi connectivity index (χ1v) is 13.5. The molecule has 180 valence electrons. The van der Waals surface area contributed by atoms with E-state index in [0.29, 0.717) is 0 Å². The first kappa shape index (κ1) is 29.8. The van der Waals surface area contributed by atoms with Gasteiger partial charge in [0.25, 0.3) is 0 Å². The molecular weight excluding hydrogens is 646 g/mol. The average molecular weight is 674 g/mol. The molecule has 6 rings (SSSR count). The smallest absolute Gasteiger partial charge is 0.0771 e. The average Bonchev–Trinajstić information content (AvgIpc) is 3.58. The number of fused-ring (bicyclic) bond motifs is 3. The van der Waals surface area contributed by atoms with Crippen LogP contribution in [0.25, 0.3) is 21.5 Å². The molecule has 0 N–H and O–H groups in total. The minimum atomic E-state index is 0. The van der Waals surface area contributed by atoms with Crippen LogP contribution in [0.5, 0.6) is 0 Å². The van der Waals surface area contributed by atoms with Crippen LogP contribution in [0.4, 0.5) is 0 Å². The molecule has 0 radical (unpaired) electrons. The zero-order valence-electron chi connectivity index (χ0n) is 20.1. The quantitative estimate of drug-likeness (QED) is 0.203. The van der Waals surface area contributed by atoms with E-state index in [4.69, 9.17) is 0 Å². The van der Waals surface area contributed by atoms with Crippen molar-refractivity contribution >= 4 is 24.8 Å². The van der Waals surface area contributed by atoms with Crippen molar-refractivity contribution in [3.05, 3.63) is 151 Å². The van der Waals surface area contributed by atoms with Crippen LogP contribution in [0, 0.1) is 6.08 Å². The fourth-order valence-corrected chi connectivity index (χ4v) is 5.46. The van der Waals surface area contributed by atoms with Crippen LogP contribution in [0.15, 0.2) is 133 Å². The summed E-state index contributed by atoms with van der Waals surface area (Å²) in [6, 6.07) is 40.7. The Morgan fingerprint density at radius 1 is 0.639 bits per heavy atom. The van der Waals surface area contributed by atoms with E-state index in [-0.39, 0.29) is 24.8 Å². The van der Waals surface area contributed by atoms with Crippen molar-refractivity contribution in [1.29, 1.82) is 0 Å². The van der Waals surface area contributed by atoms with Crippen molar-refractivity contribution in [2.75, 3.05) is 0 Å². The summed E-state index contributed by atoms with van der Waals surface area (Å²) in [5.41, 5.74) is 2.87. The molecule has 0 aliphatic heterocycles. The summed E-state index contributed by atoms with van der Waals surface area (Å²) in [6.45, 7) is 0. The van der Waals surface area contributed by atoms with Crippen LogP contribution in [-0.2, 0) is 36.7 Å². The van der Waals surface area contributed by atoms with Crippen molar-refractivity contribution in [1.82, 2.24) is 0 Å². The van der Waals surface area contributed by atoms with Gasteiger partial charge in [-0.3, -0.25) is 6.08 Å². The number of allylic oxidation sites excluding steroid dienone is 4. The number of halogens is 2. The second-order valence-corrected chi connectivity index (χ2v) is 10.8. The van der Waals surface area contributed by atoms with Crippen molar-refractivity contribution in [3.8, 4) is 0 Å². The molecule has 5 aromatic rings. The summed E-state index contributed by atoms with van der Waals surface area (Å²) < 4.78 is 1.65. The fraction of sp³-hybridized carbons (Fsp3) is 0.0909. The van der Waals surface area contributed by atoms with Gasteiger partial charge in [-0.1, -0.05) is 36.4 Å². The predicted octanol–water partition coefficient (Wildman–Crippen LogP) is 2.22. The van der Waals surface area contributed by atoms with E-state index in [2.05, 4.69) is 127 Å². The minimum Gasteiger partial charge on any atom is -0.126 e. The van der Waals surface area contributed by atoms with Gasteiger partial charge >= 0.3 is 112 Å². The Hall–Kier alpha value is -2.45. The van der Waals surface area contributed by atoms with Crippen LogP contribution in [0.2, 0.25) is 0 Å². The molecule has 0 aromatic heterocycles. The van der Waals surface area contributed by atoms with Crippen LogP contribution in [0.3, 0.4) is 0 Å². The Kier molecular flexibility index (Phi) is 13.5. The fourth-order valence-electron chi connectivity index (χ4n) is 3.99. The molecule has 36 heavy (non-hydrogen) atoms. The van der Waals surface area contributed by atoms with Gasteiger partial charge in [0.1, 0.15) is 0 Å². The third-order valence-electron chi connectivity index (χ3n) is 5.63. The molecule has 3 heteroatoms. The molecule has 0 saturated carbocycles. The number of hydrogen-bond donors (Lipinski definition) is 0. The molecular formula is C33H28Cl2Hf-2. The number of benzene rings is 4. The second kappa shape index (κ2) is 16.3. The normalized spacial score (nSPS) is 10.9. The van der Waals surface area contributed by atoms with Gasteiger partial charge in [-0.05, 0) is 0 Å². The Morgan fingerprint density at radius 2 is 1.08 bits per heavy atom.